The van der Waals surface area contributed by atoms with Gasteiger partial charge in [0.2, 0.25) is 5.91 Å². The number of ether oxygens (including phenoxy) is 3. The molecule has 0 aliphatic heterocycles. The number of hydrogen-bond acceptors (Lipinski definition) is 4. The lowest BCUT2D eigenvalue weighted by molar-refractivity contribution is -0.116. The molecule has 0 unspecified atom stereocenters. The van der Waals surface area contributed by atoms with Gasteiger partial charge < -0.3 is 19.5 Å². The molecule has 150 valence electrons. The number of carbonyl (C=O) groups excluding carboxylic acids is 1. The molecule has 0 heterocycles. The highest BCUT2D eigenvalue weighted by atomic mass is 35.5. The van der Waals surface area contributed by atoms with Crippen molar-refractivity contribution < 1.29 is 27.8 Å². The van der Waals surface area contributed by atoms with Gasteiger partial charge in [0.25, 0.3) is 0 Å². The largest absolute Gasteiger partial charge is 0.493 e. The lowest BCUT2D eigenvalue weighted by Crippen LogP contribution is -2.20. The summed E-state index contributed by atoms with van der Waals surface area (Å²) in [6.07, 6.45) is 2.96. The molecule has 8 heteroatoms. The normalized spacial score (nSPS) is 10.9. The Bertz CT molecular complexity index is 826. The van der Waals surface area contributed by atoms with E-state index in [4.69, 9.17) is 21.1 Å². The van der Waals surface area contributed by atoms with Gasteiger partial charge in [0, 0.05) is 12.6 Å². The third-order valence-corrected chi connectivity index (χ3v) is 3.86. The molecule has 5 nitrogen and oxygen atoms in total. The average Bonchev–Trinajstić information content (AvgIpc) is 2.67. The zero-order valence-corrected chi connectivity index (χ0v) is 16.1. The topological polar surface area (TPSA) is 56.8 Å². The van der Waals surface area contributed by atoms with E-state index in [1.165, 1.54) is 25.3 Å². The van der Waals surface area contributed by atoms with Gasteiger partial charge in [-0.15, -0.1) is 0 Å². The van der Waals surface area contributed by atoms with Crippen molar-refractivity contribution in [1.82, 2.24) is 5.32 Å². The van der Waals surface area contributed by atoms with Crippen LogP contribution in [0.4, 0.5) is 8.78 Å². The van der Waals surface area contributed by atoms with Crippen LogP contribution in [0.2, 0.25) is 5.02 Å². The molecule has 0 radical (unpaired) electrons. The van der Waals surface area contributed by atoms with Crippen LogP contribution in [0.1, 0.15) is 18.1 Å². The number of nitrogens with one attached hydrogen (secondary N) is 1. The zero-order chi connectivity index (χ0) is 20.5. The fourth-order valence-electron chi connectivity index (χ4n) is 2.33. The monoisotopic (exact) mass is 411 g/mol. The van der Waals surface area contributed by atoms with Crippen molar-refractivity contribution in [2.45, 2.75) is 20.1 Å². The molecule has 0 aliphatic carbocycles. The van der Waals surface area contributed by atoms with Crippen LogP contribution in [-0.4, -0.2) is 26.2 Å². The maximum absolute atomic E-state index is 12.1. The van der Waals surface area contributed by atoms with Crippen molar-refractivity contribution >= 4 is 23.6 Å². The quantitative estimate of drug-likeness (QED) is 0.609. The fraction of sp³-hybridized carbons (Fsp3) is 0.250. The van der Waals surface area contributed by atoms with Gasteiger partial charge in [0.15, 0.2) is 11.5 Å². The first-order valence-corrected chi connectivity index (χ1v) is 8.80. The summed E-state index contributed by atoms with van der Waals surface area (Å²) in [4.78, 5) is 12.0. The van der Waals surface area contributed by atoms with Crippen molar-refractivity contribution in [3.8, 4) is 17.2 Å². The van der Waals surface area contributed by atoms with Gasteiger partial charge in [0.1, 0.15) is 5.75 Å². The number of carbonyl (C=O) groups is 1. The SMILES string of the molecule is CCOc1c(Cl)cc(/C=C/C(=O)NCc2ccc(OC(F)F)cc2)cc1OC. The molecule has 1 amide bonds. The standard InChI is InChI=1S/C20H20ClF2NO4/c1-3-27-19-16(21)10-14(11-17(19)26-2)6-9-18(25)24-12-13-4-7-15(8-5-13)28-20(22)23/h4-11,20H,3,12H2,1-2H3,(H,24,25)/b9-6+. The highest BCUT2D eigenvalue weighted by Crippen LogP contribution is 2.36. The Kier molecular flexibility index (Phi) is 8.07. The van der Waals surface area contributed by atoms with Crippen LogP contribution in [0.15, 0.2) is 42.5 Å². The average molecular weight is 412 g/mol. The van der Waals surface area contributed by atoms with Crippen molar-refractivity contribution in [3.63, 3.8) is 0 Å². The summed E-state index contributed by atoms with van der Waals surface area (Å²) in [5, 5.41) is 3.08. The summed E-state index contributed by atoms with van der Waals surface area (Å²) in [5.41, 5.74) is 1.42. The number of rotatable bonds is 9. The predicted octanol–water partition coefficient (Wildman–Crippen LogP) is 4.68. The van der Waals surface area contributed by atoms with Crippen molar-refractivity contribution in [3.05, 3.63) is 58.6 Å². The molecule has 2 rings (SSSR count). The van der Waals surface area contributed by atoms with Gasteiger partial charge in [-0.2, -0.15) is 8.78 Å². The van der Waals surface area contributed by atoms with E-state index in [0.29, 0.717) is 28.7 Å². The van der Waals surface area contributed by atoms with E-state index < -0.39 is 6.61 Å². The molecular weight excluding hydrogens is 392 g/mol. The van der Waals surface area contributed by atoms with Crippen LogP contribution in [0.3, 0.4) is 0 Å². The summed E-state index contributed by atoms with van der Waals surface area (Å²) >= 11 is 6.20. The van der Waals surface area contributed by atoms with Crippen LogP contribution >= 0.6 is 11.6 Å². The molecule has 28 heavy (non-hydrogen) atoms. The summed E-state index contributed by atoms with van der Waals surface area (Å²) in [6.45, 7) is -0.341. The minimum Gasteiger partial charge on any atom is -0.493 e. The van der Waals surface area contributed by atoms with Gasteiger partial charge in [-0.05, 0) is 48.4 Å². The second-order valence-electron chi connectivity index (χ2n) is 5.54. The van der Waals surface area contributed by atoms with Crippen LogP contribution < -0.4 is 19.5 Å². The van der Waals surface area contributed by atoms with Gasteiger partial charge in [0.05, 0.1) is 18.7 Å². The molecular formula is C20H20ClF2NO4. The fourth-order valence-corrected chi connectivity index (χ4v) is 2.60. The smallest absolute Gasteiger partial charge is 0.387 e. The van der Waals surface area contributed by atoms with Gasteiger partial charge in [-0.25, -0.2) is 0 Å². The summed E-state index contributed by atoms with van der Waals surface area (Å²) < 4.78 is 39.2. The lowest BCUT2D eigenvalue weighted by atomic mass is 10.1. The molecule has 0 aromatic heterocycles. The molecule has 1 N–H and O–H groups in total. The molecule has 0 aliphatic rings. The predicted molar refractivity (Wildman–Crippen MR) is 103 cm³/mol. The number of hydrogen-bond donors (Lipinski definition) is 1. The summed E-state index contributed by atoms with van der Waals surface area (Å²) in [7, 11) is 1.51. The van der Waals surface area contributed by atoms with Gasteiger partial charge in [-0.1, -0.05) is 23.7 Å². The maximum atomic E-state index is 12.1. The maximum Gasteiger partial charge on any atom is 0.387 e. The second-order valence-corrected chi connectivity index (χ2v) is 5.95. The van der Waals surface area contributed by atoms with Crippen molar-refractivity contribution in [2.24, 2.45) is 0 Å². The molecule has 0 spiro atoms. The Morgan fingerprint density at radius 3 is 2.57 bits per heavy atom. The van der Waals surface area contributed by atoms with E-state index in [9.17, 15) is 13.6 Å². The highest BCUT2D eigenvalue weighted by molar-refractivity contribution is 6.32. The van der Waals surface area contributed by atoms with Crippen LogP contribution in [0.5, 0.6) is 17.2 Å². The Hall–Kier alpha value is -2.80. The van der Waals surface area contributed by atoms with Gasteiger partial charge >= 0.3 is 6.61 Å². The second kappa shape index (κ2) is 10.5. The summed E-state index contributed by atoms with van der Waals surface area (Å²) in [5.74, 6) is 0.663. The molecule has 0 bridgehead atoms. The Morgan fingerprint density at radius 1 is 1.25 bits per heavy atom. The molecule has 0 atom stereocenters. The number of amides is 1. The molecule has 0 saturated heterocycles. The van der Waals surface area contributed by atoms with E-state index in [0.717, 1.165) is 5.56 Å². The number of benzene rings is 2. The number of methoxy groups -OCH3 is 1. The van der Waals surface area contributed by atoms with E-state index in [-0.39, 0.29) is 18.2 Å². The van der Waals surface area contributed by atoms with E-state index in [2.05, 4.69) is 10.1 Å². The Labute approximate surface area is 166 Å². The lowest BCUT2D eigenvalue weighted by Gasteiger charge is -2.11. The van der Waals surface area contributed by atoms with Crippen LogP contribution in [0, 0.1) is 0 Å². The molecule has 2 aromatic rings. The van der Waals surface area contributed by atoms with Crippen molar-refractivity contribution in [2.75, 3.05) is 13.7 Å². The highest BCUT2D eigenvalue weighted by Gasteiger charge is 2.11. The van der Waals surface area contributed by atoms with E-state index in [1.807, 2.05) is 6.92 Å². The minimum atomic E-state index is -2.87. The molecule has 0 saturated carbocycles. The first-order valence-electron chi connectivity index (χ1n) is 8.43. The minimum absolute atomic E-state index is 0.0614. The first-order chi connectivity index (χ1) is 13.4. The zero-order valence-electron chi connectivity index (χ0n) is 15.4. The van der Waals surface area contributed by atoms with E-state index in [1.54, 1.807) is 30.3 Å². The number of halogens is 3. The Morgan fingerprint density at radius 2 is 1.96 bits per heavy atom. The Balaban J connectivity index is 1.95. The van der Waals surface area contributed by atoms with E-state index >= 15 is 0 Å². The third kappa shape index (κ3) is 6.42. The van der Waals surface area contributed by atoms with Crippen LogP contribution in [-0.2, 0) is 11.3 Å². The summed E-state index contributed by atoms with van der Waals surface area (Å²) in [6, 6.07) is 9.40. The molecule has 2 aromatic carbocycles. The van der Waals surface area contributed by atoms with Gasteiger partial charge in [-0.3, -0.25) is 4.79 Å². The molecule has 0 fully saturated rings. The first kappa shape index (κ1) is 21.5. The number of alkyl halides is 2. The van der Waals surface area contributed by atoms with Crippen LogP contribution in [0.25, 0.3) is 6.08 Å². The van der Waals surface area contributed by atoms with Crippen molar-refractivity contribution in [1.29, 1.82) is 0 Å². The third-order valence-electron chi connectivity index (χ3n) is 3.58.